The molecule has 0 bridgehead atoms. The maximum Gasteiger partial charge on any atom is 0.511 e. The van der Waals surface area contributed by atoms with Crippen molar-refractivity contribution in [3.05, 3.63) is 36.5 Å². The molecule has 0 amide bonds. The zero-order valence-corrected chi connectivity index (χ0v) is 17.5. The van der Waals surface area contributed by atoms with E-state index in [9.17, 15) is 21.6 Å². The lowest BCUT2D eigenvalue weighted by molar-refractivity contribution is -0.0494. The number of hydrogen-bond acceptors (Lipinski definition) is 3. The van der Waals surface area contributed by atoms with E-state index in [2.05, 4.69) is 44.6 Å². The smallest absolute Gasteiger partial charge is 0.356 e. The number of sulfonamides is 1. The fraction of sp³-hybridized carbons (Fsp3) is 0.526. The Bertz CT molecular complexity index is 979. The lowest BCUT2D eigenvalue weighted by atomic mass is 10.1. The minimum atomic E-state index is -5.25. The van der Waals surface area contributed by atoms with E-state index in [-0.39, 0.29) is 32.0 Å². The van der Waals surface area contributed by atoms with Gasteiger partial charge < -0.3 is 15.2 Å². The molecule has 0 saturated carbocycles. The Morgan fingerprint density at radius 3 is 2.57 bits per heavy atom. The van der Waals surface area contributed by atoms with Crippen LogP contribution in [0, 0.1) is 0 Å². The summed E-state index contributed by atoms with van der Waals surface area (Å²) >= 11 is 0. The van der Waals surface area contributed by atoms with E-state index in [1.165, 1.54) is 10.9 Å². The minimum absolute atomic E-state index is 0.135. The zero-order valence-electron chi connectivity index (χ0n) is 16.7. The van der Waals surface area contributed by atoms with Crippen LogP contribution in [0.5, 0.6) is 0 Å². The number of guanidine groups is 1. The molecule has 3 rings (SSSR count). The molecular formula is C19H26F3N5O2S. The van der Waals surface area contributed by atoms with Crippen molar-refractivity contribution in [2.45, 2.75) is 37.4 Å². The number of aryl methyl sites for hydroxylation is 1. The third-order valence-corrected chi connectivity index (χ3v) is 6.83. The summed E-state index contributed by atoms with van der Waals surface area (Å²) in [7, 11) is -3.63. The molecule has 2 aromatic rings. The van der Waals surface area contributed by atoms with E-state index in [0.717, 1.165) is 13.0 Å². The van der Waals surface area contributed by atoms with Gasteiger partial charge in [0, 0.05) is 51.0 Å². The molecule has 1 saturated heterocycles. The third kappa shape index (κ3) is 5.07. The van der Waals surface area contributed by atoms with Gasteiger partial charge >= 0.3 is 15.5 Å². The van der Waals surface area contributed by atoms with Crippen molar-refractivity contribution in [2.24, 2.45) is 4.99 Å². The predicted octanol–water partition coefficient (Wildman–Crippen LogP) is 2.51. The first-order valence-corrected chi connectivity index (χ1v) is 11.2. The van der Waals surface area contributed by atoms with Gasteiger partial charge in [-0.15, -0.1) is 0 Å². The van der Waals surface area contributed by atoms with Crippen molar-refractivity contribution in [1.82, 2.24) is 19.5 Å². The molecular weight excluding hydrogens is 419 g/mol. The summed E-state index contributed by atoms with van der Waals surface area (Å²) in [6.45, 7) is 1.17. The van der Waals surface area contributed by atoms with Gasteiger partial charge in [-0.2, -0.15) is 17.5 Å². The Morgan fingerprint density at radius 1 is 1.20 bits per heavy atom. The molecule has 1 aliphatic rings. The summed E-state index contributed by atoms with van der Waals surface area (Å²) in [4.78, 5) is 4.15. The highest BCUT2D eigenvalue weighted by molar-refractivity contribution is 7.90. The van der Waals surface area contributed by atoms with Gasteiger partial charge in [0.25, 0.3) is 0 Å². The van der Waals surface area contributed by atoms with Gasteiger partial charge in [-0.3, -0.25) is 4.99 Å². The Balaban J connectivity index is 1.42. The number of para-hydroxylation sites is 1. The highest BCUT2D eigenvalue weighted by Gasteiger charge is 2.50. The summed E-state index contributed by atoms with van der Waals surface area (Å²) in [5.74, 6) is 0.560. The van der Waals surface area contributed by atoms with Crippen LogP contribution in [0.1, 0.15) is 19.3 Å². The average Bonchev–Trinajstić information content (AvgIpc) is 3.13. The summed E-state index contributed by atoms with van der Waals surface area (Å²) in [6.07, 6.45) is 3.49. The number of piperidine rings is 1. The van der Waals surface area contributed by atoms with Gasteiger partial charge in [-0.1, -0.05) is 18.2 Å². The fourth-order valence-corrected chi connectivity index (χ4v) is 4.55. The second kappa shape index (κ2) is 9.25. The second-order valence-corrected chi connectivity index (χ2v) is 9.12. The molecule has 7 nitrogen and oxygen atoms in total. The molecule has 30 heavy (non-hydrogen) atoms. The normalized spacial score (nSPS) is 17.4. The average molecular weight is 446 g/mol. The number of aliphatic imine (C=N–C) groups is 1. The molecule has 2 N–H and O–H groups in total. The van der Waals surface area contributed by atoms with Gasteiger partial charge in [-0.05, 0) is 36.8 Å². The van der Waals surface area contributed by atoms with Crippen LogP contribution in [0.15, 0.2) is 41.5 Å². The SMILES string of the molecule is CN=C(NCCCn1ccc2ccccc21)NC1CCN(S(=O)(=O)C(F)(F)F)CC1. The first kappa shape index (κ1) is 22.4. The van der Waals surface area contributed by atoms with Crippen LogP contribution < -0.4 is 10.6 Å². The Kier molecular flexibility index (Phi) is 6.91. The van der Waals surface area contributed by atoms with Crippen LogP contribution in [0.25, 0.3) is 10.9 Å². The third-order valence-electron chi connectivity index (χ3n) is 5.20. The quantitative estimate of drug-likeness (QED) is 0.407. The molecule has 1 aliphatic heterocycles. The van der Waals surface area contributed by atoms with Crippen LogP contribution in [0.4, 0.5) is 13.2 Å². The molecule has 11 heteroatoms. The van der Waals surface area contributed by atoms with Crippen molar-refractivity contribution >= 4 is 26.9 Å². The molecule has 1 aromatic heterocycles. The zero-order chi connectivity index (χ0) is 21.8. The summed E-state index contributed by atoms with van der Waals surface area (Å²) in [5.41, 5.74) is -4.07. The molecule has 0 aliphatic carbocycles. The van der Waals surface area contributed by atoms with Gasteiger partial charge in [0.05, 0.1) is 0 Å². The summed E-state index contributed by atoms with van der Waals surface area (Å²) < 4.78 is 63.7. The van der Waals surface area contributed by atoms with Crippen LogP contribution in [0.2, 0.25) is 0 Å². The van der Waals surface area contributed by atoms with E-state index >= 15 is 0 Å². The Hall–Kier alpha value is -2.27. The van der Waals surface area contributed by atoms with Crippen LogP contribution >= 0.6 is 0 Å². The summed E-state index contributed by atoms with van der Waals surface area (Å²) in [6, 6.07) is 10.1. The largest absolute Gasteiger partial charge is 0.511 e. The maximum atomic E-state index is 12.7. The molecule has 1 aromatic carbocycles. The second-order valence-electron chi connectivity index (χ2n) is 7.19. The molecule has 166 valence electrons. The van der Waals surface area contributed by atoms with Gasteiger partial charge in [0.15, 0.2) is 5.96 Å². The number of hydrogen-bond donors (Lipinski definition) is 2. The molecule has 0 unspecified atom stereocenters. The first-order chi connectivity index (χ1) is 14.2. The van der Waals surface area contributed by atoms with Crippen molar-refractivity contribution < 1.29 is 21.6 Å². The number of halogens is 3. The number of alkyl halides is 3. The number of aromatic nitrogens is 1. The highest BCUT2D eigenvalue weighted by Crippen LogP contribution is 2.28. The van der Waals surface area contributed by atoms with E-state index in [0.29, 0.717) is 16.8 Å². The summed E-state index contributed by atoms with van der Waals surface area (Å²) in [5, 5.41) is 7.57. The Labute approximate surface area is 174 Å². The van der Waals surface area contributed by atoms with Gasteiger partial charge in [0.1, 0.15) is 0 Å². The standard InChI is InChI=1S/C19H26F3N5O2S/c1-23-18(24-10-4-11-26-12-7-15-5-2-3-6-17(15)26)25-16-8-13-27(14-9-16)30(28,29)19(20,21)22/h2-3,5-7,12,16H,4,8-11,13-14H2,1H3,(H2,23,24,25). The topological polar surface area (TPSA) is 78.7 Å². The fourth-order valence-electron chi connectivity index (χ4n) is 3.57. The number of benzene rings is 1. The van der Waals surface area contributed by atoms with Crippen LogP contribution in [-0.4, -0.2) is 61.5 Å². The number of fused-ring (bicyclic) bond motifs is 1. The predicted molar refractivity (Wildman–Crippen MR) is 111 cm³/mol. The lowest BCUT2D eigenvalue weighted by Gasteiger charge is -2.32. The lowest BCUT2D eigenvalue weighted by Crippen LogP contribution is -2.51. The van der Waals surface area contributed by atoms with E-state index in [1.54, 1.807) is 7.05 Å². The molecule has 0 atom stereocenters. The van der Waals surface area contributed by atoms with Crippen LogP contribution in [0.3, 0.4) is 0 Å². The van der Waals surface area contributed by atoms with Gasteiger partial charge in [-0.25, -0.2) is 8.42 Å². The molecule has 2 heterocycles. The molecule has 1 fully saturated rings. The van der Waals surface area contributed by atoms with Crippen molar-refractivity contribution in [2.75, 3.05) is 26.7 Å². The molecule has 0 spiro atoms. The maximum absolute atomic E-state index is 12.7. The first-order valence-electron chi connectivity index (χ1n) is 9.80. The number of nitrogens with one attached hydrogen (secondary N) is 2. The van der Waals surface area contributed by atoms with Crippen LogP contribution in [-0.2, 0) is 16.6 Å². The van der Waals surface area contributed by atoms with Crippen molar-refractivity contribution in [1.29, 1.82) is 0 Å². The highest BCUT2D eigenvalue weighted by atomic mass is 32.2. The Morgan fingerprint density at radius 2 is 1.90 bits per heavy atom. The van der Waals surface area contributed by atoms with E-state index < -0.39 is 15.5 Å². The minimum Gasteiger partial charge on any atom is -0.356 e. The monoisotopic (exact) mass is 445 g/mol. The van der Waals surface area contributed by atoms with E-state index in [4.69, 9.17) is 0 Å². The van der Waals surface area contributed by atoms with Crippen molar-refractivity contribution in [3.8, 4) is 0 Å². The molecule has 0 radical (unpaired) electrons. The van der Waals surface area contributed by atoms with E-state index in [1.807, 2.05) is 12.1 Å². The number of nitrogens with zero attached hydrogens (tertiary/aromatic N) is 3. The van der Waals surface area contributed by atoms with Gasteiger partial charge in [0.2, 0.25) is 0 Å². The van der Waals surface area contributed by atoms with Crippen molar-refractivity contribution in [3.63, 3.8) is 0 Å². The number of rotatable bonds is 6.